The van der Waals surface area contributed by atoms with E-state index in [2.05, 4.69) is 10.6 Å². The van der Waals surface area contributed by atoms with Crippen LogP contribution >= 0.6 is 0 Å². The largest absolute Gasteiger partial charge is 0.385 e. The van der Waals surface area contributed by atoms with Gasteiger partial charge in [0.25, 0.3) is 0 Å². The first-order chi connectivity index (χ1) is 10.0. The second kappa shape index (κ2) is 7.05. The molecule has 1 aromatic rings. The van der Waals surface area contributed by atoms with Crippen molar-refractivity contribution in [2.45, 2.75) is 39.2 Å². The fourth-order valence-electron chi connectivity index (χ4n) is 2.36. The lowest BCUT2D eigenvalue weighted by Gasteiger charge is -2.19. The molecule has 1 atom stereocenters. The molecule has 1 saturated carbocycles. The highest BCUT2D eigenvalue weighted by Gasteiger charge is 2.42. The molecule has 4 heteroatoms. The molecular formula is C17H26N2O2. The molecule has 0 spiro atoms. The van der Waals surface area contributed by atoms with Crippen LogP contribution in [0.15, 0.2) is 24.3 Å². The Bertz CT molecular complexity index is 466. The molecule has 1 aliphatic carbocycles. The van der Waals surface area contributed by atoms with Crippen LogP contribution in [0.4, 0.5) is 5.69 Å². The summed E-state index contributed by atoms with van der Waals surface area (Å²) in [6.45, 7) is 5.63. The van der Waals surface area contributed by atoms with Crippen molar-refractivity contribution < 1.29 is 9.53 Å². The van der Waals surface area contributed by atoms with Gasteiger partial charge in [0.15, 0.2) is 0 Å². The maximum Gasteiger partial charge on any atom is 0.241 e. The normalized spacial score (nSPS) is 17.3. The molecule has 1 aliphatic rings. The molecule has 1 amide bonds. The minimum atomic E-state index is -0.189. The SMILES string of the molecule is COCCC1(CNC(C)C(=O)Nc2ccc(C)cc2)CC1. The predicted molar refractivity (Wildman–Crippen MR) is 85.4 cm³/mol. The van der Waals surface area contributed by atoms with Gasteiger partial charge >= 0.3 is 0 Å². The average molecular weight is 290 g/mol. The number of aryl methyl sites for hydroxylation is 1. The molecule has 2 rings (SSSR count). The zero-order chi connectivity index (χ0) is 15.3. The summed E-state index contributed by atoms with van der Waals surface area (Å²) in [6, 6.07) is 7.67. The van der Waals surface area contributed by atoms with Crippen molar-refractivity contribution in [3.63, 3.8) is 0 Å². The van der Waals surface area contributed by atoms with Gasteiger partial charge in [0, 0.05) is 25.9 Å². The van der Waals surface area contributed by atoms with E-state index >= 15 is 0 Å². The quantitative estimate of drug-likeness (QED) is 0.774. The summed E-state index contributed by atoms with van der Waals surface area (Å²) in [5, 5.41) is 6.30. The Labute approximate surface area is 127 Å². The molecule has 1 fully saturated rings. The Morgan fingerprint density at radius 3 is 2.57 bits per heavy atom. The molecule has 0 saturated heterocycles. The molecule has 1 unspecified atom stereocenters. The summed E-state index contributed by atoms with van der Waals surface area (Å²) >= 11 is 0. The summed E-state index contributed by atoms with van der Waals surface area (Å²) < 4.78 is 5.15. The van der Waals surface area contributed by atoms with Crippen molar-refractivity contribution in [3.8, 4) is 0 Å². The van der Waals surface area contributed by atoms with Crippen LogP contribution in [-0.2, 0) is 9.53 Å². The van der Waals surface area contributed by atoms with Gasteiger partial charge in [-0.15, -0.1) is 0 Å². The third-order valence-electron chi connectivity index (χ3n) is 4.29. The monoisotopic (exact) mass is 290 g/mol. The first-order valence-electron chi connectivity index (χ1n) is 7.64. The third-order valence-corrected chi connectivity index (χ3v) is 4.29. The van der Waals surface area contributed by atoms with Crippen LogP contribution in [0.25, 0.3) is 0 Å². The Balaban J connectivity index is 1.76. The number of ether oxygens (including phenoxy) is 1. The van der Waals surface area contributed by atoms with Gasteiger partial charge < -0.3 is 15.4 Å². The molecule has 21 heavy (non-hydrogen) atoms. The summed E-state index contributed by atoms with van der Waals surface area (Å²) in [5.74, 6) is 0.0152. The lowest BCUT2D eigenvalue weighted by molar-refractivity contribution is -0.117. The van der Waals surface area contributed by atoms with Crippen molar-refractivity contribution >= 4 is 11.6 Å². The second-order valence-corrected chi connectivity index (χ2v) is 6.20. The molecule has 4 nitrogen and oxygen atoms in total. The van der Waals surface area contributed by atoms with Crippen LogP contribution in [0.1, 0.15) is 31.7 Å². The average Bonchev–Trinajstić information content (AvgIpc) is 3.25. The van der Waals surface area contributed by atoms with Crippen LogP contribution in [-0.4, -0.2) is 32.2 Å². The minimum Gasteiger partial charge on any atom is -0.385 e. The van der Waals surface area contributed by atoms with Crippen LogP contribution in [0.3, 0.4) is 0 Å². The molecule has 1 aromatic carbocycles. The van der Waals surface area contributed by atoms with Crippen molar-refractivity contribution in [2.75, 3.05) is 25.6 Å². The first-order valence-corrected chi connectivity index (χ1v) is 7.64. The van der Waals surface area contributed by atoms with Crippen LogP contribution in [0, 0.1) is 12.3 Å². The van der Waals surface area contributed by atoms with Gasteiger partial charge in [-0.2, -0.15) is 0 Å². The number of hydrogen-bond acceptors (Lipinski definition) is 3. The minimum absolute atomic E-state index is 0.0152. The van der Waals surface area contributed by atoms with Crippen molar-refractivity contribution in [2.24, 2.45) is 5.41 Å². The Morgan fingerprint density at radius 2 is 2.00 bits per heavy atom. The number of benzene rings is 1. The summed E-state index contributed by atoms with van der Waals surface area (Å²) in [4.78, 5) is 12.2. The van der Waals surface area contributed by atoms with Gasteiger partial charge in [-0.25, -0.2) is 0 Å². The van der Waals surface area contributed by atoms with Gasteiger partial charge in [-0.3, -0.25) is 4.79 Å². The van der Waals surface area contributed by atoms with Crippen molar-refractivity contribution in [3.05, 3.63) is 29.8 Å². The van der Waals surface area contributed by atoms with E-state index in [9.17, 15) is 4.79 Å². The van der Waals surface area contributed by atoms with Gasteiger partial charge in [0.05, 0.1) is 6.04 Å². The Morgan fingerprint density at radius 1 is 1.33 bits per heavy atom. The number of carbonyl (C=O) groups excluding carboxylic acids is 1. The van der Waals surface area contributed by atoms with E-state index in [4.69, 9.17) is 4.74 Å². The van der Waals surface area contributed by atoms with E-state index < -0.39 is 0 Å². The van der Waals surface area contributed by atoms with Crippen LogP contribution in [0.2, 0.25) is 0 Å². The van der Waals surface area contributed by atoms with E-state index in [0.29, 0.717) is 5.41 Å². The van der Waals surface area contributed by atoms with E-state index in [1.54, 1.807) is 7.11 Å². The summed E-state index contributed by atoms with van der Waals surface area (Å²) in [5.41, 5.74) is 2.39. The van der Waals surface area contributed by atoms with Crippen LogP contribution in [0.5, 0.6) is 0 Å². The highest BCUT2D eigenvalue weighted by Crippen LogP contribution is 2.48. The van der Waals surface area contributed by atoms with Gasteiger partial charge in [-0.1, -0.05) is 17.7 Å². The number of nitrogens with one attached hydrogen (secondary N) is 2. The molecule has 0 bridgehead atoms. The highest BCUT2D eigenvalue weighted by molar-refractivity contribution is 5.94. The third kappa shape index (κ3) is 4.83. The summed E-state index contributed by atoms with van der Waals surface area (Å²) in [6.07, 6.45) is 3.54. The van der Waals surface area contributed by atoms with Crippen molar-refractivity contribution in [1.29, 1.82) is 0 Å². The van der Waals surface area contributed by atoms with Gasteiger partial charge in [0.1, 0.15) is 0 Å². The van der Waals surface area contributed by atoms with E-state index in [1.807, 2.05) is 38.1 Å². The van der Waals surface area contributed by atoms with Crippen molar-refractivity contribution in [1.82, 2.24) is 5.32 Å². The molecule has 0 aliphatic heterocycles. The summed E-state index contributed by atoms with van der Waals surface area (Å²) in [7, 11) is 1.74. The number of hydrogen-bond donors (Lipinski definition) is 2. The zero-order valence-electron chi connectivity index (χ0n) is 13.2. The fraction of sp³-hybridized carbons (Fsp3) is 0.588. The Hall–Kier alpha value is -1.39. The zero-order valence-corrected chi connectivity index (χ0v) is 13.2. The number of amides is 1. The molecular weight excluding hydrogens is 264 g/mol. The maximum absolute atomic E-state index is 12.2. The topological polar surface area (TPSA) is 50.4 Å². The molecule has 116 valence electrons. The number of anilines is 1. The molecule has 0 heterocycles. The predicted octanol–water partition coefficient (Wildman–Crippen LogP) is 2.73. The fourth-order valence-corrected chi connectivity index (χ4v) is 2.36. The van der Waals surface area contributed by atoms with Gasteiger partial charge in [0.2, 0.25) is 5.91 Å². The Kier molecular flexibility index (Phi) is 5.37. The number of rotatable bonds is 8. The number of carbonyl (C=O) groups is 1. The number of methoxy groups -OCH3 is 1. The molecule has 0 aromatic heterocycles. The second-order valence-electron chi connectivity index (χ2n) is 6.20. The van der Waals surface area contributed by atoms with Crippen LogP contribution < -0.4 is 10.6 Å². The highest BCUT2D eigenvalue weighted by atomic mass is 16.5. The van der Waals surface area contributed by atoms with Gasteiger partial charge in [-0.05, 0) is 50.7 Å². The standard InChI is InChI=1S/C17H26N2O2/c1-13-4-6-15(7-5-13)19-16(20)14(2)18-12-17(8-9-17)10-11-21-3/h4-7,14,18H,8-12H2,1-3H3,(H,19,20). The smallest absolute Gasteiger partial charge is 0.241 e. The molecule has 0 radical (unpaired) electrons. The lowest BCUT2D eigenvalue weighted by Crippen LogP contribution is -2.41. The van der Waals surface area contributed by atoms with E-state index in [1.165, 1.54) is 18.4 Å². The van der Waals surface area contributed by atoms with E-state index in [0.717, 1.165) is 25.3 Å². The lowest BCUT2D eigenvalue weighted by atomic mass is 10.0. The maximum atomic E-state index is 12.2. The first kappa shape index (κ1) is 16.0. The van der Waals surface area contributed by atoms with E-state index in [-0.39, 0.29) is 11.9 Å². The molecule has 2 N–H and O–H groups in total.